The third-order valence-electron chi connectivity index (χ3n) is 1.82. The molecule has 0 fully saturated rings. The minimum Gasteiger partial charge on any atom is -0.496 e. The van der Waals surface area contributed by atoms with Gasteiger partial charge in [0.15, 0.2) is 0 Å². The quantitative estimate of drug-likeness (QED) is 0.831. The van der Waals surface area contributed by atoms with Crippen LogP contribution in [-0.2, 0) is 0 Å². The highest BCUT2D eigenvalue weighted by molar-refractivity contribution is 6.30. The van der Waals surface area contributed by atoms with Gasteiger partial charge in [0, 0.05) is 10.6 Å². The van der Waals surface area contributed by atoms with Crippen molar-refractivity contribution in [1.82, 2.24) is 0 Å². The highest BCUT2D eigenvalue weighted by Gasteiger charge is 1.99. The van der Waals surface area contributed by atoms with Crippen molar-refractivity contribution in [2.75, 3.05) is 13.7 Å². The van der Waals surface area contributed by atoms with E-state index in [0.717, 1.165) is 17.7 Å². The third kappa shape index (κ3) is 3.05. The lowest BCUT2D eigenvalue weighted by atomic mass is 10.2. The van der Waals surface area contributed by atoms with Gasteiger partial charge >= 0.3 is 0 Å². The zero-order chi connectivity index (χ0) is 10.4. The zero-order valence-corrected chi connectivity index (χ0v) is 8.92. The fraction of sp³-hybridized carbons (Fsp3) is 0.273. The fourth-order valence-corrected chi connectivity index (χ4v) is 1.32. The first-order chi connectivity index (χ1) is 6.77. The van der Waals surface area contributed by atoms with Crippen molar-refractivity contribution in [1.29, 1.82) is 0 Å². The highest BCUT2D eigenvalue weighted by atomic mass is 35.5. The van der Waals surface area contributed by atoms with Crippen LogP contribution in [0.5, 0.6) is 5.75 Å². The molecule has 0 heterocycles. The summed E-state index contributed by atoms with van der Waals surface area (Å²) in [5.74, 6) is 0.822. The molecule has 3 heteroatoms. The van der Waals surface area contributed by atoms with E-state index in [2.05, 4.69) is 0 Å². The van der Waals surface area contributed by atoms with Crippen LogP contribution in [0.2, 0.25) is 5.02 Å². The van der Waals surface area contributed by atoms with Crippen molar-refractivity contribution in [2.24, 2.45) is 5.73 Å². The SMILES string of the molecule is COc1ccc(Cl)cc1C=CCCN. The molecule has 0 aromatic heterocycles. The Morgan fingerprint density at radius 2 is 2.29 bits per heavy atom. The predicted molar refractivity (Wildman–Crippen MR) is 60.7 cm³/mol. The number of methoxy groups -OCH3 is 1. The molecule has 0 saturated heterocycles. The lowest BCUT2D eigenvalue weighted by molar-refractivity contribution is 0.414. The van der Waals surface area contributed by atoms with Crippen LogP contribution in [-0.4, -0.2) is 13.7 Å². The summed E-state index contributed by atoms with van der Waals surface area (Å²) in [5, 5.41) is 0.707. The molecule has 0 unspecified atom stereocenters. The Morgan fingerprint density at radius 3 is 2.93 bits per heavy atom. The van der Waals surface area contributed by atoms with Gasteiger partial charge in [-0.25, -0.2) is 0 Å². The molecule has 1 aromatic carbocycles. The van der Waals surface area contributed by atoms with Gasteiger partial charge in [0.05, 0.1) is 7.11 Å². The second-order valence-electron chi connectivity index (χ2n) is 2.87. The number of hydrogen-bond acceptors (Lipinski definition) is 2. The number of halogens is 1. The maximum Gasteiger partial charge on any atom is 0.126 e. The summed E-state index contributed by atoms with van der Waals surface area (Å²) in [6, 6.07) is 5.53. The molecule has 14 heavy (non-hydrogen) atoms. The lowest BCUT2D eigenvalue weighted by Crippen LogP contribution is -1.95. The second kappa shape index (κ2) is 5.68. The molecular formula is C11H14ClNO. The van der Waals surface area contributed by atoms with Crippen molar-refractivity contribution in [2.45, 2.75) is 6.42 Å². The fourth-order valence-electron chi connectivity index (χ4n) is 1.14. The smallest absolute Gasteiger partial charge is 0.126 e. The van der Waals surface area contributed by atoms with Crippen LogP contribution in [0, 0.1) is 0 Å². The predicted octanol–water partition coefficient (Wildman–Crippen LogP) is 2.71. The van der Waals surface area contributed by atoms with Gasteiger partial charge in [-0.05, 0) is 31.2 Å². The van der Waals surface area contributed by atoms with Crippen LogP contribution in [0.15, 0.2) is 24.3 Å². The highest BCUT2D eigenvalue weighted by Crippen LogP contribution is 2.23. The first-order valence-electron chi connectivity index (χ1n) is 4.48. The van der Waals surface area contributed by atoms with Crippen molar-refractivity contribution < 1.29 is 4.74 Å². The third-order valence-corrected chi connectivity index (χ3v) is 2.06. The number of rotatable bonds is 4. The van der Waals surface area contributed by atoms with E-state index in [4.69, 9.17) is 22.1 Å². The molecule has 0 saturated carbocycles. The molecule has 1 rings (SSSR count). The maximum atomic E-state index is 5.87. The summed E-state index contributed by atoms with van der Waals surface area (Å²) in [6.07, 6.45) is 4.83. The van der Waals surface area contributed by atoms with Crippen LogP contribution in [0.4, 0.5) is 0 Å². The Kier molecular flexibility index (Phi) is 4.50. The van der Waals surface area contributed by atoms with Crippen LogP contribution < -0.4 is 10.5 Å². The van der Waals surface area contributed by atoms with Crippen molar-refractivity contribution in [3.05, 3.63) is 34.9 Å². The van der Waals surface area contributed by atoms with E-state index in [1.807, 2.05) is 24.3 Å². The molecule has 0 aliphatic rings. The molecule has 0 aliphatic carbocycles. The Morgan fingerprint density at radius 1 is 1.50 bits per heavy atom. The number of nitrogens with two attached hydrogens (primary N) is 1. The Hall–Kier alpha value is -0.990. The zero-order valence-electron chi connectivity index (χ0n) is 8.16. The van der Waals surface area contributed by atoms with Crippen LogP contribution >= 0.6 is 11.6 Å². The number of ether oxygens (including phenoxy) is 1. The van der Waals surface area contributed by atoms with Crippen LogP contribution in [0.1, 0.15) is 12.0 Å². The summed E-state index contributed by atoms with van der Waals surface area (Å²) in [7, 11) is 1.64. The number of benzene rings is 1. The maximum absolute atomic E-state index is 5.87. The van der Waals surface area contributed by atoms with Crippen molar-refractivity contribution in [3.8, 4) is 5.75 Å². The topological polar surface area (TPSA) is 35.2 Å². The molecular weight excluding hydrogens is 198 g/mol. The molecule has 0 spiro atoms. The monoisotopic (exact) mass is 211 g/mol. The average molecular weight is 212 g/mol. The summed E-state index contributed by atoms with van der Waals surface area (Å²) in [4.78, 5) is 0. The molecule has 2 nitrogen and oxygen atoms in total. The lowest BCUT2D eigenvalue weighted by Gasteiger charge is -2.04. The van der Waals surface area contributed by atoms with Gasteiger partial charge in [-0.2, -0.15) is 0 Å². The van der Waals surface area contributed by atoms with E-state index in [1.165, 1.54) is 0 Å². The van der Waals surface area contributed by atoms with E-state index in [9.17, 15) is 0 Å². The standard InChI is InChI=1S/C11H14ClNO/c1-14-11-6-5-10(12)8-9(11)4-2-3-7-13/h2,4-6,8H,3,7,13H2,1H3. The summed E-state index contributed by atoms with van der Waals surface area (Å²) < 4.78 is 5.19. The molecule has 2 N–H and O–H groups in total. The van der Waals surface area contributed by atoms with Crippen LogP contribution in [0.3, 0.4) is 0 Å². The molecule has 0 atom stereocenters. The van der Waals surface area contributed by atoms with Gasteiger partial charge in [0.1, 0.15) is 5.75 Å². The molecule has 0 radical (unpaired) electrons. The summed E-state index contributed by atoms with van der Waals surface area (Å²) in [5.41, 5.74) is 6.36. The van der Waals surface area contributed by atoms with E-state index in [-0.39, 0.29) is 0 Å². The summed E-state index contributed by atoms with van der Waals surface area (Å²) >= 11 is 5.87. The minimum atomic E-state index is 0.652. The summed E-state index contributed by atoms with van der Waals surface area (Å²) in [6.45, 7) is 0.652. The van der Waals surface area contributed by atoms with E-state index in [0.29, 0.717) is 11.6 Å². The molecule has 0 aliphatic heterocycles. The van der Waals surface area contributed by atoms with Crippen molar-refractivity contribution >= 4 is 17.7 Å². The average Bonchev–Trinajstić information content (AvgIpc) is 2.19. The van der Waals surface area contributed by atoms with Crippen LogP contribution in [0.25, 0.3) is 6.08 Å². The first kappa shape index (κ1) is 11.1. The minimum absolute atomic E-state index is 0.652. The normalized spacial score (nSPS) is 10.8. The Bertz CT molecular complexity index is 323. The first-order valence-corrected chi connectivity index (χ1v) is 4.86. The number of hydrogen-bond donors (Lipinski definition) is 1. The van der Waals surface area contributed by atoms with Gasteiger partial charge in [0.25, 0.3) is 0 Å². The van der Waals surface area contributed by atoms with E-state index >= 15 is 0 Å². The van der Waals surface area contributed by atoms with Crippen molar-refractivity contribution in [3.63, 3.8) is 0 Å². The van der Waals surface area contributed by atoms with E-state index in [1.54, 1.807) is 13.2 Å². The van der Waals surface area contributed by atoms with Gasteiger partial charge in [-0.3, -0.25) is 0 Å². The van der Waals surface area contributed by atoms with Gasteiger partial charge in [-0.15, -0.1) is 0 Å². The molecule has 1 aromatic rings. The Labute approximate surface area is 89.3 Å². The van der Waals surface area contributed by atoms with E-state index < -0.39 is 0 Å². The molecule has 0 bridgehead atoms. The van der Waals surface area contributed by atoms with Gasteiger partial charge in [0.2, 0.25) is 0 Å². The largest absolute Gasteiger partial charge is 0.496 e. The van der Waals surface area contributed by atoms with Gasteiger partial charge < -0.3 is 10.5 Å². The van der Waals surface area contributed by atoms with Gasteiger partial charge in [-0.1, -0.05) is 23.8 Å². The second-order valence-corrected chi connectivity index (χ2v) is 3.30. The molecule has 0 amide bonds. The Balaban J connectivity index is 2.87. The molecule has 76 valence electrons.